The summed E-state index contributed by atoms with van der Waals surface area (Å²) in [6, 6.07) is 15.0. The lowest BCUT2D eigenvalue weighted by Gasteiger charge is -2.17. The number of nitrogens with one attached hydrogen (secondary N) is 1. The van der Waals surface area contributed by atoms with Gasteiger partial charge in [0.2, 0.25) is 5.91 Å². The number of benzene rings is 2. The fraction of sp³-hybridized carbons (Fsp3) is 0.125. The molecule has 0 fully saturated rings. The molecule has 2 aromatic rings. The number of rotatable bonds is 4. The molecule has 0 aromatic heterocycles. The minimum atomic E-state index is -0.645. The molecule has 2 aromatic carbocycles. The molecule has 0 saturated heterocycles. The molecule has 0 spiro atoms. The average molecular weight is 363 g/mol. The summed E-state index contributed by atoms with van der Waals surface area (Å²) in [6.07, 6.45) is 0. The van der Waals surface area contributed by atoms with Gasteiger partial charge < -0.3 is 11.1 Å². The van der Waals surface area contributed by atoms with Gasteiger partial charge in [0.05, 0.1) is 10.7 Å². The highest BCUT2D eigenvalue weighted by Gasteiger charge is 2.24. The maximum absolute atomic E-state index is 12.5. The second-order valence-electron chi connectivity index (χ2n) is 4.72. The Hall–Kier alpha value is -1.72. The van der Waals surface area contributed by atoms with Crippen molar-refractivity contribution in [2.24, 2.45) is 5.73 Å². The zero-order valence-electron chi connectivity index (χ0n) is 11.5. The maximum atomic E-state index is 12.5. The van der Waals surface area contributed by atoms with E-state index in [-0.39, 0.29) is 10.9 Å². The highest BCUT2D eigenvalue weighted by molar-refractivity contribution is 9.10. The van der Waals surface area contributed by atoms with E-state index in [1.807, 2.05) is 55.5 Å². The number of carbonyl (C=O) groups is 1. The second-order valence-corrected chi connectivity index (χ2v) is 6.04. The molecule has 5 heteroatoms. The zero-order valence-corrected chi connectivity index (χ0v) is 13.9. The number of nitrogens with two attached hydrogens (primary N) is 1. The molecule has 0 bridgehead atoms. The predicted octanol–water partition coefficient (Wildman–Crippen LogP) is 3.77. The van der Waals surface area contributed by atoms with E-state index >= 15 is 0 Å². The Labute approximate surface area is 137 Å². The Morgan fingerprint density at radius 3 is 2.52 bits per heavy atom. The molecular weight excluding hydrogens is 348 g/mol. The Kier molecular flexibility index (Phi) is 5.09. The molecule has 1 atom stereocenters. The Balaban J connectivity index is 2.28. The van der Waals surface area contributed by atoms with Crippen LogP contribution < -0.4 is 11.1 Å². The van der Waals surface area contributed by atoms with Crippen molar-refractivity contribution in [2.75, 3.05) is 5.32 Å². The molecule has 108 valence electrons. The number of anilines is 1. The van der Waals surface area contributed by atoms with E-state index in [0.717, 1.165) is 15.6 Å². The minimum absolute atomic E-state index is 0.155. The van der Waals surface area contributed by atoms with Gasteiger partial charge in [0, 0.05) is 4.47 Å². The van der Waals surface area contributed by atoms with Crippen LogP contribution in [0.4, 0.5) is 5.69 Å². The minimum Gasteiger partial charge on any atom is -0.392 e. The third-order valence-corrected chi connectivity index (χ3v) is 3.99. The molecule has 1 unspecified atom stereocenters. The average Bonchev–Trinajstić information content (AvgIpc) is 2.44. The standard InChI is InChI=1S/C16H15BrN2OS/c1-10-7-8-12(17)13(9-10)19-16(20)14(15(18)21)11-5-3-2-4-6-11/h2-9,14H,1H3,(H2,18,21)(H,19,20). The third kappa shape index (κ3) is 3.89. The van der Waals surface area contributed by atoms with Crippen molar-refractivity contribution in [1.29, 1.82) is 0 Å². The highest BCUT2D eigenvalue weighted by Crippen LogP contribution is 2.25. The van der Waals surface area contributed by atoms with Gasteiger partial charge in [0.1, 0.15) is 5.92 Å². The normalized spacial score (nSPS) is 11.7. The van der Waals surface area contributed by atoms with Crippen molar-refractivity contribution in [3.63, 3.8) is 0 Å². The smallest absolute Gasteiger partial charge is 0.238 e. The number of halogens is 1. The van der Waals surface area contributed by atoms with Crippen LogP contribution in [-0.2, 0) is 4.79 Å². The van der Waals surface area contributed by atoms with E-state index in [2.05, 4.69) is 21.2 Å². The summed E-state index contributed by atoms with van der Waals surface area (Å²) in [6.45, 7) is 1.96. The van der Waals surface area contributed by atoms with Gasteiger partial charge in [-0.05, 0) is 46.1 Å². The lowest BCUT2D eigenvalue weighted by molar-refractivity contribution is -0.116. The Bertz CT molecular complexity index is 673. The van der Waals surface area contributed by atoms with E-state index in [1.54, 1.807) is 0 Å². The fourth-order valence-electron chi connectivity index (χ4n) is 2.03. The lowest BCUT2D eigenvalue weighted by Crippen LogP contribution is -2.31. The second kappa shape index (κ2) is 6.83. The van der Waals surface area contributed by atoms with Crippen LogP contribution in [0.5, 0.6) is 0 Å². The summed E-state index contributed by atoms with van der Waals surface area (Å²) in [5.74, 6) is -0.881. The van der Waals surface area contributed by atoms with Gasteiger partial charge in [-0.15, -0.1) is 0 Å². The SMILES string of the molecule is Cc1ccc(Br)c(NC(=O)C(C(N)=S)c2ccccc2)c1. The van der Waals surface area contributed by atoms with Crippen molar-refractivity contribution in [3.05, 3.63) is 64.1 Å². The third-order valence-electron chi connectivity index (χ3n) is 3.06. The number of carbonyl (C=O) groups excluding carboxylic acids is 1. The summed E-state index contributed by atoms with van der Waals surface area (Å²) in [4.78, 5) is 12.7. The summed E-state index contributed by atoms with van der Waals surface area (Å²) in [5, 5.41) is 2.88. The van der Waals surface area contributed by atoms with Crippen LogP contribution in [0.2, 0.25) is 0 Å². The first-order valence-corrected chi connectivity index (χ1v) is 7.60. The van der Waals surface area contributed by atoms with Crippen LogP contribution in [0.15, 0.2) is 53.0 Å². The summed E-state index contributed by atoms with van der Waals surface area (Å²) in [5.41, 5.74) is 8.30. The quantitative estimate of drug-likeness (QED) is 0.814. The van der Waals surface area contributed by atoms with E-state index in [9.17, 15) is 4.79 Å². The monoisotopic (exact) mass is 362 g/mol. The van der Waals surface area contributed by atoms with Crippen LogP contribution in [0.25, 0.3) is 0 Å². The fourth-order valence-corrected chi connectivity index (χ4v) is 2.62. The van der Waals surface area contributed by atoms with Crippen molar-refractivity contribution >= 4 is 44.7 Å². The van der Waals surface area contributed by atoms with E-state index in [0.29, 0.717) is 5.69 Å². The summed E-state index contributed by atoms with van der Waals surface area (Å²) >= 11 is 8.48. The van der Waals surface area contributed by atoms with Gasteiger partial charge in [-0.1, -0.05) is 48.6 Å². The molecule has 0 aliphatic rings. The van der Waals surface area contributed by atoms with Crippen LogP contribution in [0, 0.1) is 6.92 Å². The van der Waals surface area contributed by atoms with Gasteiger partial charge in [-0.2, -0.15) is 0 Å². The van der Waals surface area contributed by atoms with E-state index in [4.69, 9.17) is 18.0 Å². The van der Waals surface area contributed by atoms with Gasteiger partial charge in [-0.3, -0.25) is 4.79 Å². The molecule has 0 saturated carbocycles. The van der Waals surface area contributed by atoms with Crippen LogP contribution in [-0.4, -0.2) is 10.9 Å². The van der Waals surface area contributed by atoms with Gasteiger partial charge >= 0.3 is 0 Å². The Morgan fingerprint density at radius 2 is 1.90 bits per heavy atom. The largest absolute Gasteiger partial charge is 0.392 e. The Morgan fingerprint density at radius 1 is 1.24 bits per heavy atom. The predicted molar refractivity (Wildman–Crippen MR) is 93.5 cm³/mol. The maximum Gasteiger partial charge on any atom is 0.238 e. The molecule has 2 rings (SSSR count). The molecule has 21 heavy (non-hydrogen) atoms. The molecule has 3 nitrogen and oxygen atoms in total. The molecule has 3 N–H and O–H groups in total. The number of thiocarbonyl (C=S) groups is 1. The highest BCUT2D eigenvalue weighted by atomic mass is 79.9. The molecule has 0 heterocycles. The molecule has 0 radical (unpaired) electrons. The van der Waals surface area contributed by atoms with Crippen molar-refractivity contribution < 1.29 is 4.79 Å². The first-order valence-electron chi connectivity index (χ1n) is 6.40. The number of hydrogen-bond acceptors (Lipinski definition) is 2. The molecule has 1 amide bonds. The van der Waals surface area contributed by atoms with Crippen LogP contribution in [0.1, 0.15) is 17.0 Å². The number of aryl methyl sites for hydroxylation is 1. The van der Waals surface area contributed by atoms with Gasteiger partial charge in [0.25, 0.3) is 0 Å². The molecule has 0 aliphatic carbocycles. The topological polar surface area (TPSA) is 55.1 Å². The van der Waals surface area contributed by atoms with E-state index < -0.39 is 5.92 Å². The molecule has 0 aliphatic heterocycles. The molecular formula is C16H15BrN2OS. The van der Waals surface area contributed by atoms with Crippen LogP contribution in [0.3, 0.4) is 0 Å². The summed E-state index contributed by atoms with van der Waals surface area (Å²) in [7, 11) is 0. The first kappa shape index (κ1) is 15.7. The lowest BCUT2D eigenvalue weighted by atomic mass is 9.98. The number of hydrogen-bond donors (Lipinski definition) is 2. The zero-order chi connectivity index (χ0) is 15.4. The van der Waals surface area contributed by atoms with Gasteiger partial charge in [-0.25, -0.2) is 0 Å². The van der Waals surface area contributed by atoms with E-state index in [1.165, 1.54) is 0 Å². The first-order chi connectivity index (χ1) is 9.99. The van der Waals surface area contributed by atoms with Crippen molar-refractivity contribution in [1.82, 2.24) is 0 Å². The van der Waals surface area contributed by atoms with Crippen molar-refractivity contribution in [3.8, 4) is 0 Å². The summed E-state index contributed by atoms with van der Waals surface area (Å²) < 4.78 is 0.816. The van der Waals surface area contributed by atoms with Gasteiger partial charge in [0.15, 0.2) is 0 Å². The number of amides is 1. The van der Waals surface area contributed by atoms with Crippen LogP contribution >= 0.6 is 28.1 Å². The van der Waals surface area contributed by atoms with Crippen molar-refractivity contribution in [2.45, 2.75) is 12.8 Å².